The molecule has 0 saturated carbocycles. The van der Waals surface area contributed by atoms with Crippen LogP contribution in [0, 0.1) is 0 Å². The molecule has 0 aromatic heterocycles. The molecule has 21 heavy (non-hydrogen) atoms. The molecule has 2 rings (SSSR count). The first-order valence-corrected chi connectivity index (χ1v) is 8.38. The standard InChI is InChI=1S/C13H10BrClN2O3S/c14-9-3-1-2-8(6-9)13(18)17-12-7-10(21(16,19)20)4-5-11(12)15/h1-7H,(H,17,18)(H2,16,19,20). The van der Waals surface area contributed by atoms with E-state index in [1.807, 2.05) is 0 Å². The lowest BCUT2D eigenvalue weighted by Crippen LogP contribution is -2.15. The summed E-state index contributed by atoms with van der Waals surface area (Å²) in [5.74, 6) is -0.412. The second-order valence-electron chi connectivity index (χ2n) is 4.15. The van der Waals surface area contributed by atoms with Crippen LogP contribution in [0.15, 0.2) is 51.8 Å². The van der Waals surface area contributed by atoms with Crippen molar-refractivity contribution in [3.05, 3.63) is 57.5 Å². The molecule has 0 heterocycles. The molecule has 0 aliphatic heterocycles. The van der Waals surface area contributed by atoms with Crippen LogP contribution in [0.3, 0.4) is 0 Å². The minimum Gasteiger partial charge on any atom is -0.321 e. The van der Waals surface area contributed by atoms with Crippen molar-refractivity contribution in [1.82, 2.24) is 0 Å². The number of hydrogen-bond acceptors (Lipinski definition) is 3. The minimum atomic E-state index is -3.87. The fourth-order valence-electron chi connectivity index (χ4n) is 1.60. The van der Waals surface area contributed by atoms with E-state index in [2.05, 4.69) is 21.2 Å². The highest BCUT2D eigenvalue weighted by atomic mass is 79.9. The molecule has 3 N–H and O–H groups in total. The second-order valence-corrected chi connectivity index (χ2v) is 7.04. The molecular formula is C13H10BrClN2O3S. The van der Waals surface area contributed by atoms with Crippen LogP contribution in [0.4, 0.5) is 5.69 Å². The Labute approximate surface area is 135 Å². The maximum Gasteiger partial charge on any atom is 0.255 e. The molecule has 0 aliphatic carbocycles. The Balaban J connectivity index is 2.33. The van der Waals surface area contributed by atoms with Gasteiger partial charge < -0.3 is 5.32 Å². The van der Waals surface area contributed by atoms with Gasteiger partial charge in [-0.15, -0.1) is 0 Å². The Morgan fingerprint density at radius 3 is 2.52 bits per heavy atom. The second kappa shape index (κ2) is 6.15. The topological polar surface area (TPSA) is 89.3 Å². The average molecular weight is 390 g/mol. The van der Waals surface area contributed by atoms with Crippen molar-refractivity contribution >= 4 is 49.1 Å². The molecule has 0 saturated heterocycles. The summed E-state index contributed by atoms with van der Waals surface area (Å²) in [4.78, 5) is 12.0. The Kier molecular flexibility index (Phi) is 4.67. The monoisotopic (exact) mass is 388 g/mol. The summed E-state index contributed by atoms with van der Waals surface area (Å²) in [6.07, 6.45) is 0. The summed E-state index contributed by atoms with van der Waals surface area (Å²) in [5, 5.41) is 7.82. The summed E-state index contributed by atoms with van der Waals surface area (Å²) in [7, 11) is -3.87. The number of rotatable bonds is 3. The van der Waals surface area contributed by atoms with Crippen LogP contribution >= 0.6 is 27.5 Å². The number of benzene rings is 2. The molecule has 5 nitrogen and oxygen atoms in total. The molecule has 2 aromatic carbocycles. The molecule has 0 unspecified atom stereocenters. The lowest BCUT2D eigenvalue weighted by Gasteiger charge is -2.09. The lowest BCUT2D eigenvalue weighted by molar-refractivity contribution is 0.102. The van der Waals surface area contributed by atoms with Crippen LogP contribution in [0.25, 0.3) is 0 Å². The smallest absolute Gasteiger partial charge is 0.255 e. The van der Waals surface area contributed by atoms with Crippen LogP contribution in [-0.4, -0.2) is 14.3 Å². The SMILES string of the molecule is NS(=O)(=O)c1ccc(Cl)c(NC(=O)c2cccc(Br)c2)c1. The van der Waals surface area contributed by atoms with E-state index in [9.17, 15) is 13.2 Å². The lowest BCUT2D eigenvalue weighted by atomic mass is 10.2. The molecule has 110 valence electrons. The first-order valence-electron chi connectivity index (χ1n) is 5.66. The average Bonchev–Trinajstić information content (AvgIpc) is 2.40. The number of carbonyl (C=O) groups is 1. The number of halogens is 2. The van der Waals surface area contributed by atoms with Gasteiger partial charge in [0, 0.05) is 10.0 Å². The first-order chi connectivity index (χ1) is 9.77. The molecule has 0 spiro atoms. The van der Waals surface area contributed by atoms with Crippen molar-refractivity contribution in [3.63, 3.8) is 0 Å². The maximum atomic E-state index is 12.1. The van der Waals surface area contributed by atoms with Gasteiger partial charge in [0.15, 0.2) is 0 Å². The van der Waals surface area contributed by atoms with E-state index in [-0.39, 0.29) is 15.6 Å². The molecule has 2 aromatic rings. The fourth-order valence-corrected chi connectivity index (χ4v) is 2.71. The third-order valence-electron chi connectivity index (χ3n) is 2.60. The minimum absolute atomic E-state index is 0.128. The summed E-state index contributed by atoms with van der Waals surface area (Å²) in [6.45, 7) is 0. The molecule has 0 bridgehead atoms. The molecule has 0 aliphatic rings. The zero-order valence-corrected chi connectivity index (χ0v) is 13.7. The van der Waals surface area contributed by atoms with Crippen LogP contribution in [-0.2, 0) is 10.0 Å². The Morgan fingerprint density at radius 2 is 1.90 bits per heavy atom. The first kappa shape index (κ1) is 16.0. The highest BCUT2D eigenvalue weighted by Crippen LogP contribution is 2.25. The quantitative estimate of drug-likeness (QED) is 0.845. The Bertz CT molecular complexity index is 809. The van der Waals surface area contributed by atoms with Gasteiger partial charge in [-0.1, -0.05) is 33.6 Å². The van der Waals surface area contributed by atoms with Crippen LogP contribution in [0.1, 0.15) is 10.4 Å². The number of hydrogen-bond donors (Lipinski definition) is 2. The van der Waals surface area contributed by atoms with Crippen molar-refractivity contribution < 1.29 is 13.2 Å². The van der Waals surface area contributed by atoms with Crippen LogP contribution in [0.2, 0.25) is 5.02 Å². The molecule has 1 amide bonds. The van der Waals surface area contributed by atoms with Gasteiger partial charge in [0.05, 0.1) is 15.6 Å². The van der Waals surface area contributed by atoms with E-state index >= 15 is 0 Å². The van der Waals surface area contributed by atoms with Crippen molar-refractivity contribution in [3.8, 4) is 0 Å². The highest BCUT2D eigenvalue weighted by Gasteiger charge is 2.13. The van der Waals surface area contributed by atoms with Crippen molar-refractivity contribution in [2.45, 2.75) is 4.90 Å². The van der Waals surface area contributed by atoms with Gasteiger partial charge in [0.2, 0.25) is 10.0 Å². The molecule has 0 atom stereocenters. The van der Waals surface area contributed by atoms with Crippen molar-refractivity contribution in [1.29, 1.82) is 0 Å². The molecule has 8 heteroatoms. The van der Waals surface area contributed by atoms with Gasteiger partial charge in [-0.05, 0) is 36.4 Å². The van der Waals surface area contributed by atoms with Gasteiger partial charge >= 0.3 is 0 Å². The summed E-state index contributed by atoms with van der Waals surface area (Å²) < 4.78 is 23.4. The Morgan fingerprint density at radius 1 is 1.19 bits per heavy atom. The van der Waals surface area contributed by atoms with E-state index in [1.165, 1.54) is 18.2 Å². The van der Waals surface area contributed by atoms with Crippen molar-refractivity contribution in [2.75, 3.05) is 5.32 Å². The largest absolute Gasteiger partial charge is 0.321 e. The summed E-state index contributed by atoms with van der Waals surface area (Å²) >= 11 is 9.22. The number of primary sulfonamides is 1. The van der Waals surface area contributed by atoms with Crippen LogP contribution < -0.4 is 10.5 Å². The highest BCUT2D eigenvalue weighted by molar-refractivity contribution is 9.10. The summed E-state index contributed by atoms with van der Waals surface area (Å²) in [5.41, 5.74) is 0.578. The Hall–Kier alpha value is -1.41. The van der Waals surface area contributed by atoms with E-state index in [4.69, 9.17) is 16.7 Å². The van der Waals surface area contributed by atoms with Gasteiger partial charge in [-0.25, -0.2) is 13.6 Å². The van der Waals surface area contributed by atoms with Gasteiger partial charge in [0.25, 0.3) is 5.91 Å². The normalized spacial score (nSPS) is 11.2. The van der Waals surface area contributed by atoms with Gasteiger partial charge in [-0.2, -0.15) is 0 Å². The van der Waals surface area contributed by atoms with Gasteiger partial charge in [0.1, 0.15) is 0 Å². The molecule has 0 radical (unpaired) electrons. The number of carbonyl (C=O) groups excluding carboxylic acids is 1. The van der Waals surface area contributed by atoms with E-state index in [0.29, 0.717) is 5.56 Å². The van der Waals surface area contributed by atoms with E-state index < -0.39 is 15.9 Å². The number of sulfonamides is 1. The third kappa shape index (κ3) is 4.04. The van der Waals surface area contributed by atoms with Gasteiger partial charge in [-0.3, -0.25) is 4.79 Å². The molecule has 0 fully saturated rings. The number of amides is 1. The zero-order valence-electron chi connectivity index (χ0n) is 10.5. The fraction of sp³-hybridized carbons (Fsp3) is 0. The van der Waals surface area contributed by atoms with Crippen molar-refractivity contribution in [2.24, 2.45) is 5.14 Å². The number of nitrogens with one attached hydrogen (secondary N) is 1. The maximum absolute atomic E-state index is 12.1. The van der Waals surface area contributed by atoms with E-state index in [1.54, 1.807) is 24.3 Å². The predicted octanol–water partition coefficient (Wildman–Crippen LogP) is 3.00. The summed E-state index contributed by atoms with van der Waals surface area (Å²) in [6, 6.07) is 10.6. The third-order valence-corrected chi connectivity index (χ3v) is 4.34. The van der Waals surface area contributed by atoms with Crippen LogP contribution in [0.5, 0.6) is 0 Å². The predicted molar refractivity (Wildman–Crippen MR) is 84.9 cm³/mol. The molecular weight excluding hydrogens is 380 g/mol. The number of nitrogens with two attached hydrogens (primary N) is 1. The number of anilines is 1. The zero-order chi connectivity index (χ0) is 15.6. The van der Waals surface area contributed by atoms with E-state index in [0.717, 1.165) is 4.47 Å².